The second kappa shape index (κ2) is 5.19. The van der Waals surface area contributed by atoms with Gasteiger partial charge in [-0.05, 0) is 30.7 Å². The first-order valence-electron chi connectivity index (χ1n) is 5.16. The maximum Gasteiger partial charge on any atom is 0.123 e. The molecule has 2 nitrogen and oxygen atoms in total. The van der Waals surface area contributed by atoms with Gasteiger partial charge in [0.15, 0.2) is 0 Å². The van der Waals surface area contributed by atoms with Crippen molar-refractivity contribution >= 4 is 27.5 Å². The van der Waals surface area contributed by atoms with E-state index in [1.165, 1.54) is 12.1 Å². The molecular weight excluding hydrogens is 307 g/mol. The van der Waals surface area contributed by atoms with E-state index in [0.29, 0.717) is 6.54 Å². The molecular formula is C12H11BrClFN2. The van der Waals surface area contributed by atoms with Gasteiger partial charge in [0.1, 0.15) is 5.82 Å². The third-order valence-electron chi connectivity index (χ3n) is 2.45. The summed E-state index contributed by atoms with van der Waals surface area (Å²) in [6.07, 6.45) is 3.60. The van der Waals surface area contributed by atoms with Gasteiger partial charge >= 0.3 is 0 Å². The molecule has 0 aliphatic carbocycles. The summed E-state index contributed by atoms with van der Waals surface area (Å²) in [7, 11) is 0. The molecule has 0 saturated heterocycles. The standard InChI is InChI=1S/C12H11BrClFN2/c1-8(14)10-5-16-17(7-10)6-9-4-11(15)2-3-12(9)13/h2-5,7-8H,6H2,1H3. The molecule has 1 aromatic heterocycles. The van der Waals surface area contributed by atoms with E-state index in [0.717, 1.165) is 15.6 Å². The summed E-state index contributed by atoms with van der Waals surface area (Å²) in [5.41, 5.74) is 1.81. The SMILES string of the molecule is CC(Cl)c1cnn(Cc2cc(F)ccc2Br)c1. The minimum atomic E-state index is -0.249. The Bertz CT molecular complexity index is 525. The van der Waals surface area contributed by atoms with E-state index in [1.54, 1.807) is 16.9 Å². The molecule has 1 heterocycles. The summed E-state index contributed by atoms with van der Waals surface area (Å²) in [6.45, 7) is 2.41. The predicted octanol–water partition coefficient (Wildman–Crippen LogP) is 4.13. The minimum absolute atomic E-state index is 0.0697. The Morgan fingerprint density at radius 2 is 2.29 bits per heavy atom. The van der Waals surface area contributed by atoms with Crippen molar-refractivity contribution in [3.63, 3.8) is 0 Å². The molecule has 0 saturated carbocycles. The van der Waals surface area contributed by atoms with Crippen LogP contribution < -0.4 is 0 Å². The van der Waals surface area contributed by atoms with Crippen molar-refractivity contribution in [3.05, 3.63) is 52.0 Å². The van der Waals surface area contributed by atoms with Crippen LogP contribution in [0.5, 0.6) is 0 Å². The number of hydrogen-bond donors (Lipinski definition) is 0. The van der Waals surface area contributed by atoms with E-state index in [2.05, 4.69) is 21.0 Å². The monoisotopic (exact) mass is 316 g/mol. The lowest BCUT2D eigenvalue weighted by Gasteiger charge is -2.05. The summed E-state index contributed by atoms with van der Waals surface area (Å²) in [4.78, 5) is 0. The zero-order valence-corrected chi connectivity index (χ0v) is 11.5. The second-order valence-corrected chi connectivity index (χ2v) is 5.33. The van der Waals surface area contributed by atoms with Crippen LogP contribution in [0.1, 0.15) is 23.4 Å². The van der Waals surface area contributed by atoms with Crippen LogP contribution in [-0.2, 0) is 6.54 Å². The lowest BCUT2D eigenvalue weighted by Crippen LogP contribution is -2.01. The van der Waals surface area contributed by atoms with Crippen molar-refractivity contribution in [2.75, 3.05) is 0 Å². The lowest BCUT2D eigenvalue weighted by molar-refractivity contribution is 0.618. The van der Waals surface area contributed by atoms with Gasteiger partial charge in [-0.2, -0.15) is 5.10 Å². The van der Waals surface area contributed by atoms with Crippen molar-refractivity contribution in [3.8, 4) is 0 Å². The zero-order valence-electron chi connectivity index (χ0n) is 9.20. The van der Waals surface area contributed by atoms with Gasteiger partial charge in [-0.15, -0.1) is 11.6 Å². The maximum absolute atomic E-state index is 13.1. The molecule has 0 radical (unpaired) electrons. The van der Waals surface area contributed by atoms with Crippen molar-refractivity contribution in [1.82, 2.24) is 9.78 Å². The number of alkyl halides is 1. The summed E-state index contributed by atoms with van der Waals surface area (Å²) < 4.78 is 15.7. The predicted molar refractivity (Wildman–Crippen MR) is 69.7 cm³/mol. The Labute approximate surface area is 113 Å². The zero-order chi connectivity index (χ0) is 12.4. The Morgan fingerprint density at radius 3 is 2.94 bits per heavy atom. The van der Waals surface area contributed by atoms with Crippen LogP contribution in [0.4, 0.5) is 4.39 Å². The number of hydrogen-bond acceptors (Lipinski definition) is 1. The Balaban J connectivity index is 2.22. The normalized spacial score (nSPS) is 12.7. The van der Waals surface area contributed by atoms with Gasteiger partial charge in [0.2, 0.25) is 0 Å². The fourth-order valence-corrected chi connectivity index (χ4v) is 2.00. The van der Waals surface area contributed by atoms with Crippen molar-refractivity contribution < 1.29 is 4.39 Å². The smallest absolute Gasteiger partial charge is 0.123 e. The van der Waals surface area contributed by atoms with Gasteiger partial charge in [-0.25, -0.2) is 4.39 Å². The number of rotatable bonds is 3. The van der Waals surface area contributed by atoms with Gasteiger partial charge in [-0.3, -0.25) is 4.68 Å². The topological polar surface area (TPSA) is 17.8 Å². The van der Waals surface area contributed by atoms with Crippen LogP contribution in [0.25, 0.3) is 0 Å². The molecule has 2 rings (SSSR count). The first-order valence-corrected chi connectivity index (χ1v) is 6.39. The van der Waals surface area contributed by atoms with E-state index < -0.39 is 0 Å². The Hall–Kier alpha value is -0.870. The highest BCUT2D eigenvalue weighted by Gasteiger charge is 2.07. The molecule has 0 aliphatic rings. The minimum Gasteiger partial charge on any atom is -0.268 e. The van der Waals surface area contributed by atoms with Crippen LogP contribution in [0.2, 0.25) is 0 Å². The Kier molecular flexibility index (Phi) is 3.84. The van der Waals surface area contributed by atoms with Crippen LogP contribution >= 0.6 is 27.5 Å². The van der Waals surface area contributed by atoms with Crippen LogP contribution in [0, 0.1) is 5.82 Å². The first-order chi connectivity index (χ1) is 8.06. The van der Waals surface area contributed by atoms with E-state index in [-0.39, 0.29) is 11.2 Å². The number of benzene rings is 1. The molecule has 0 fully saturated rings. The molecule has 0 amide bonds. The third kappa shape index (κ3) is 3.07. The summed E-state index contributed by atoms with van der Waals surface area (Å²) in [5.74, 6) is -0.249. The van der Waals surface area contributed by atoms with Gasteiger partial charge in [0.05, 0.1) is 18.1 Å². The van der Waals surface area contributed by atoms with Crippen LogP contribution in [0.3, 0.4) is 0 Å². The van der Waals surface area contributed by atoms with Crippen molar-refractivity contribution in [2.45, 2.75) is 18.8 Å². The Morgan fingerprint density at radius 1 is 1.53 bits per heavy atom. The molecule has 1 atom stereocenters. The first kappa shape index (κ1) is 12.6. The summed E-state index contributed by atoms with van der Waals surface area (Å²) >= 11 is 9.34. The molecule has 1 aromatic carbocycles. The molecule has 5 heteroatoms. The van der Waals surface area contributed by atoms with Crippen molar-refractivity contribution in [1.29, 1.82) is 0 Å². The lowest BCUT2D eigenvalue weighted by atomic mass is 10.2. The van der Waals surface area contributed by atoms with E-state index >= 15 is 0 Å². The fourth-order valence-electron chi connectivity index (χ4n) is 1.51. The average molecular weight is 318 g/mol. The number of aromatic nitrogens is 2. The molecule has 0 aliphatic heterocycles. The van der Waals surface area contributed by atoms with E-state index in [1.807, 2.05) is 13.1 Å². The van der Waals surface area contributed by atoms with Crippen LogP contribution in [-0.4, -0.2) is 9.78 Å². The second-order valence-electron chi connectivity index (χ2n) is 3.82. The largest absolute Gasteiger partial charge is 0.268 e. The van der Waals surface area contributed by atoms with Gasteiger partial charge in [0, 0.05) is 16.2 Å². The number of halogens is 3. The van der Waals surface area contributed by atoms with E-state index in [4.69, 9.17) is 11.6 Å². The summed E-state index contributed by atoms with van der Waals surface area (Å²) in [6, 6.07) is 4.61. The van der Waals surface area contributed by atoms with Crippen molar-refractivity contribution in [2.24, 2.45) is 0 Å². The highest BCUT2D eigenvalue weighted by molar-refractivity contribution is 9.10. The molecule has 1 unspecified atom stereocenters. The molecule has 17 heavy (non-hydrogen) atoms. The van der Waals surface area contributed by atoms with Gasteiger partial charge in [0.25, 0.3) is 0 Å². The highest BCUT2D eigenvalue weighted by atomic mass is 79.9. The fraction of sp³-hybridized carbons (Fsp3) is 0.250. The molecule has 0 bridgehead atoms. The van der Waals surface area contributed by atoms with Crippen LogP contribution in [0.15, 0.2) is 35.1 Å². The maximum atomic E-state index is 13.1. The molecule has 90 valence electrons. The highest BCUT2D eigenvalue weighted by Crippen LogP contribution is 2.21. The molecule has 0 spiro atoms. The average Bonchev–Trinajstić information content (AvgIpc) is 2.72. The quantitative estimate of drug-likeness (QED) is 0.778. The molecule has 2 aromatic rings. The van der Waals surface area contributed by atoms with Gasteiger partial charge in [-0.1, -0.05) is 15.9 Å². The van der Waals surface area contributed by atoms with Gasteiger partial charge < -0.3 is 0 Å². The molecule has 0 N–H and O–H groups in total. The summed E-state index contributed by atoms with van der Waals surface area (Å²) in [5, 5.41) is 4.12. The number of nitrogens with zero attached hydrogens (tertiary/aromatic N) is 2. The van der Waals surface area contributed by atoms with E-state index in [9.17, 15) is 4.39 Å². The third-order valence-corrected chi connectivity index (χ3v) is 3.48.